The van der Waals surface area contributed by atoms with Crippen molar-refractivity contribution < 1.29 is 26.3 Å². The van der Waals surface area contributed by atoms with Crippen LogP contribution in [-0.4, -0.2) is 4.98 Å². The van der Waals surface area contributed by atoms with Gasteiger partial charge in [0.25, 0.3) is 0 Å². The molecule has 0 bridgehead atoms. The molecule has 0 fully saturated rings. The number of rotatable bonds is 0. The Morgan fingerprint density at radius 1 is 0.833 bits per heavy atom. The molecule has 0 aliphatic carbocycles. The summed E-state index contributed by atoms with van der Waals surface area (Å²) in [7, 11) is 0. The Kier molecular flexibility index (Phi) is 2.71. The molecule has 1 nitrogen and oxygen atoms in total. The summed E-state index contributed by atoms with van der Waals surface area (Å²) in [5.41, 5.74) is -3.59. The first-order chi connectivity index (χ1) is 8.21. The highest BCUT2D eigenvalue weighted by molar-refractivity contribution is 5.83. The summed E-state index contributed by atoms with van der Waals surface area (Å²) in [6.07, 6.45) is -9.97. The molecule has 2 rings (SSSR count). The van der Waals surface area contributed by atoms with E-state index in [1.165, 1.54) is 18.2 Å². The first kappa shape index (κ1) is 12.7. The predicted molar refractivity (Wildman–Crippen MR) is 51.7 cm³/mol. The predicted octanol–water partition coefficient (Wildman–Crippen LogP) is 4.27. The zero-order chi connectivity index (χ0) is 13.6. The number of halogens is 6. The second-order valence-electron chi connectivity index (χ2n) is 3.56. The van der Waals surface area contributed by atoms with E-state index >= 15 is 0 Å². The minimum absolute atomic E-state index is 0.127. The molecule has 0 saturated heterocycles. The van der Waals surface area contributed by atoms with Gasteiger partial charge in [-0.15, -0.1) is 0 Å². The van der Waals surface area contributed by atoms with E-state index in [4.69, 9.17) is 0 Å². The molecule has 0 atom stereocenters. The van der Waals surface area contributed by atoms with Gasteiger partial charge < -0.3 is 0 Å². The molecule has 0 N–H and O–H groups in total. The van der Waals surface area contributed by atoms with Crippen LogP contribution in [0, 0.1) is 0 Å². The lowest BCUT2D eigenvalue weighted by atomic mass is 10.0. The fraction of sp³-hybridized carbons (Fsp3) is 0.182. The van der Waals surface area contributed by atoms with Gasteiger partial charge in [0.1, 0.15) is 0 Å². The number of pyridine rings is 1. The Morgan fingerprint density at radius 2 is 1.44 bits per heavy atom. The molecule has 1 heterocycles. The molecule has 0 aliphatic heterocycles. The lowest BCUT2D eigenvalue weighted by Crippen LogP contribution is -2.17. The summed E-state index contributed by atoms with van der Waals surface area (Å²) < 4.78 is 76.0. The van der Waals surface area contributed by atoms with E-state index in [-0.39, 0.29) is 11.7 Å². The van der Waals surface area contributed by atoms with Gasteiger partial charge in [-0.2, -0.15) is 26.3 Å². The molecule has 0 amide bonds. The van der Waals surface area contributed by atoms with Gasteiger partial charge in [-0.3, -0.25) is 4.98 Å². The third-order valence-electron chi connectivity index (χ3n) is 2.36. The van der Waals surface area contributed by atoms with Crippen molar-refractivity contribution in [1.82, 2.24) is 4.98 Å². The Labute approximate surface area is 97.1 Å². The molecule has 1 aromatic heterocycles. The summed E-state index contributed by atoms with van der Waals surface area (Å²) in [5.74, 6) is 0. The molecule has 0 aliphatic rings. The van der Waals surface area contributed by atoms with Gasteiger partial charge in [-0.05, 0) is 6.07 Å². The number of para-hydroxylation sites is 1. The van der Waals surface area contributed by atoms with Gasteiger partial charge in [0.2, 0.25) is 0 Å². The lowest BCUT2D eigenvalue weighted by Gasteiger charge is -2.16. The first-order valence-corrected chi connectivity index (χ1v) is 4.73. The van der Waals surface area contributed by atoms with Crippen molar-refractivity contribution in [2.24, 2.45) is 0 Å². The number of nitrogens with zero attached hydrogens (tertiary/aromatic N) is 1. The number of hydrogen-bond acceptors (Lipinski definition) is 1. The van der Waals surface area contributed by atoms with Crippen LogP contribution in [0.1, 0.15) is 11.1 Å². The summed E-state index contributed by atoms with van der Waals surface area (Å²) in [4.78, 5) is 3.40. The van der Waals surface area contributed by atoms with Crippen LogP contribution in [0.25, 0.3) is 10.9 Å². The van der Waals surface area contributed by atoms with Crippen LogP contribution in [0.4, 0.5) is 26.3 Å². The molecule has 0 unspecified atom stereocenters. The standard InChI is InChI=1S/C11H5F6N/c12-10(13,14)7-5-18-8-4-2-1-3-6(8)9(7)11(15,16)17/h1-5H. The number of aromatic nitrogens is 1. The normalized spacial score (nSPS) is 13.0. The van der Waals surface area contributed by atoms with Crippen LogP contribution in [0.15, 0.2) is 30.5 Å². The lowest BCUT2D eigenvalue weighted by molar-refractivity contribution is -0.161. The molecule has 96 valence electrons. The summed E-state index contributed by atoms with van der Waals surface area (Å²) in [6.45, 7) is 0. The monoisotopic (exact) mass is 265 g/mol. The quantitative estimate of drug-likeness (QED) is 0.648. The van der Waals surface area contributed by atoms with Gasteiger partial charge >= 0.3 is 12.4 Å². The molecule has 18 heavy (non-hydrogen) atoms. The fourth-order valence-electron chi connectivity index (χ4n) is 1.66. The minimum atomic E-state index is -5.10. The molecule has 0 radical (unpaired) electrons. The van der Waals surface area contributed by atoms with Crippen molar-refractivity contribution in [1.29, 1.82) is 0 Å². The maximum atomic E-state index is 12.8. The summed E-state index contributed by atoms with van der Waals surface area (Å²) in [5, 5.41) is -0.556. The van der Waals surface area contributed by atoms with Crippen molar-refractivity contribution in [3.8, 4) is 0 Å². The minimum Gasteiger partial charge on any atom is -0.256 e. The largest absolute Gasteiger partial charge is 0.418 e. The zero-order valence-corrected chi connectivity index (χ0v) is 8.60. The van der Waals surface area contributed by atoms with E-state index in [9.17, 15) is 26.3 Å². The van der Waals surface area contributed by atoms with Gasteiger partial charge in [-0.1, -0.05) is 18.2 Å². The Hall–Kier alpha value is -1.79. The van der Waals surface area contributed by atoms with Gasteiger partial charge in [0.15, 0.2) is 0 Å². The molecule has 2 aromatic rings. The fourth-order valence-corrected chi connectivity index (χ4v) is 1.66. The van der Waals surface area contributed by atoms with Gasteiger partial charge in [-0.25, -0.2) is 0 Å². The highest BCUT2D eigenvalue weighted by Gasteiger charge is 2.44. The van der Waals surface area contributed by atoms with Crippen molar-refractivity contribution in [2.45, 2.75) is 12.4 Å². The number of fused-ring (bicyclic) bond motifs is 1. The van der Waals surface area contributed by atoms with E-state index in [0.717, 1.165) is 6.07 Å². The second-order valence-corrected chi connectivity index (χ2v) is 3.56. The Balaban J connectivity index is 2.89. The topological polar surface area (TPSA) is 12.9 Å². The van der Waals surface area contributed by atoms with Crippen LogP contribution in [0.3, 0.4) is 0 Å². The van der Waals surface area contributed by atoms with Crippen molar-refractivity contribution in [3.63, 3.8) is 0 Å². The third kappa shape index (κ3) is 2.12. The highest BCUT2D eigenvalue weighted by Crippen LogP contribution is 2.42. The average Bonchev–Trinajstić information content (AvgIpc) is 2.24. The second kappa shape index (κ2) is 3.86. The van der Waals surface area contributed by atoms with E-state index in [1.54, 1.807) is 0 Å². The Morgan fingerprint density at radius 3 is 2.00 bits per heavy atom. The maximum Gasteiger partial charge on any atom is 0.418 e. The average molecular weight is 265 g/mol. The van der Waals surface area contributed by atoms with Crippen molar-refractivity contribution >= 4 is 10.9 Å². The molecule has 0 spiro atoms. The molecular weight excluding hydrogens is 260 g/mol. The van der Waals surface area contributed by atoms with Crippen LogP contribution < -0.4 is 0 Å². The van der Waals surface area contributed by atoms with E-state index < -0.39 is 28.9 Å². The maximum absolute atomic E-state index is 12.8. The van der Waals surface area contributed by atoms with Crippen LogP contribution in [-0.2, 0) is 12.4 Å². The number of benzene rings is 1. The molecule has 7 heteroatoms. The summed E-state index contributed by atoms with van der Waals surface area (Å²) in [6, 6.07) is 4.84. The smallest absolute Gasteiger partial charge is 0.256 e. The Bertz CT molecular complexity index is 584. The van der Waals surface area contributed by atoms with E-state index in [2.05, 4.69) is 4.98 Å². The molecule has 0 saturated carbocycles. The van der Waals surface area contributed by atoms with Gasteiger partial charge in [0.05, 0.1) is 16.6 Å². The molecular formula is C11H5F6N. The van der Waals surface area contributed by atoms with Crippen LogP contribution in [0.2, 0.25) is 0 Å². The van der Waals surface area contributed by atoms with Crippen molar-refractivity contribution in [3.05, 3.63) is 41.6 Å². The van der Waals surface area contributed by atoms with Crippen molar-refractivity contribution in [2.75, 3.05) is 0 Å². The number of alkyl halides is 6. The zero-order valence-electron chi connectivity index (χ0n) is 8.60. The highest BCUT2D eigenvalue weighted by atomic mass is 19.4. The summed E-state index contributed by atoms with van der Waals surface area (Å²) >= 11 is 0. The van der Waals surface area contributed by atoms with Crippen LogP contribution in [0.5, 0.6) is 0 Å². The first-order valence-electron chi connectivity index (χ1n) is 4.73. The molecule has 1 aromatic carbocycles. The third-order valence-corrected chi connectivity index (χ3v) is 2.36. The van der Waals surface area contributed by atoms with E-state index in [1.807, 2.05) is 0 Å². The van der Waals surface area contributed by atoms with E-state index in [0.29, 0.717) is 0 Å². The number of hydrogen-bond donors (Lipinski definition) is 0. The van der Waals surface area contributed by atoms with Crippen LogP contribution >= 0.6 is 0 Å². The SMILES string of the molecule is FC(F)(F)c1cnc2ccccc2c1C(F)(F)F. The van der Waals surface area contributed by atoms with Gasteiger partial charge in [0, 0.05) is 11.6 Å².